The average molecular weight is 302 g/mol. The summed E-state index contributed by atoms with van der Waals surface area (Å²) >= 11 is 11.3. The van der Waals surface area contributed by atoms with Gasteiger partial charge in [-0.3, -0.25) is 0 Å². The van der Waals surface area contributed by atoms with E-state index in [0.717, 1.165) is 5.56 Å². The molecule has 3 nitrogen and oxygen atoms in total. The van der Waals surface area contributed by atoms with Gasteiger partial charge in [0.15, 0.2) is 11.5 Å². The fourth-order valence-electron chi connectivity index (χ4n) is 1.70. The first-order valence-electron chi connectivity index (χ1n) is 6.36. The van der Waals surface area contributed by atoms with Crippen LogP contribution in [0.2, 0.25) is 5.02 Å². The molecule has 0 aromatic heterocycles. The Kier molecular flexibility index (Phi) is 6.38. The van der Waals surface area contributed by atoms with E-state index in [4.69, 9.17) is 39.0 Å². The van der Waals surface area contributed by atoms with Crippen molar-refractivity contribution in [2.24, 2.45) is 11.7 Å². The van der Waals surface area contributed by atoms with Gasteiger partial charge in [0.1, 0.15) is 0 Å². The maximum Gasteiger partial charge on any atom is 0.162 e. The number of nitrogens with two attached hydrogens (primary N) is 1. The Labute approximate surface area is 125 Å². The van der Waals surface area contributed by atoms with Crippen molar-refractivity contribution in [3.8, 4) is 11.5 Å². The van der Waals surface area contributed by atoms with Gasteiger partial charge in [-0.05, 0) is 31.9 Å². The molecule has 0 fully saturated rings. The van der Waals surface area contributed by atoms with Crippen molar-refractivity contribution in [1.29, 1.82) is 0 Å². The van der Waals surface area contributed by atoms with Crippen LogP contribution in [-0.4, -0.2) is 18.2 Å². The van der Waals surface area contributed by atoms with Crippen molar-refractivity contribution >= 4 is 28.8 Å². The molecule has 0 spiro atoms. The predicted molar refractivity (Wildman–Crippen MR) is 83.4 cm³/mol. The number of benzene rings is 1. The summed E-state index contributed by atoms with van der Waals surface area (Å²) < 4.78 is 11.1. The minimum absolute atomic E-state index is 0.0971. The molecule has 0 radical (unpaired) electrons. The van der Waals surface area contributed by atoms with Crippen molar-refractivity contribution in [3.63, 3.8) is 0 Å². The Hall–Kier alpha value is -1.00. The zero-order valence-electron chi connectivity index (χ0n) is 11.5. The largest absolute Gasteiger partial charge is 0.490 e. The second-order valence-electron chi connectivity index (χ2n) is 4.26. The van der Waals surface area contributed by atoms with E-state index in [1.54, 1.807) is 6.07 Å². The highest BCUT2D eigenvalue weighted by Crippen LogP contribution is 2.34. The number of ether oxygens (including phenoxy) is 2. The minimum Gasteiger partial charge on any atom is -0.490 e. The van der Waals surface area contributed by atoms with Crippen LogP contribution in [0.25, 0.3) is 0 Å². The summed E-state index contributed by atoms with van der Waals surface area (Å²) in [5, 5.41) is 0.648. The lowest BCUT2D eigenvalue weighted by molar-refractivity contribution is 0.287. The Morgan fingerprint density at radius 3 is 2.26 bits per heavy atom. The first-order valence-corrected chi connectivity index (χ1v) is 7.15. The molecule has 2 N–H and O–H groups in total. The highest BCUT2D eigenvalue weighted by atomic mass is 35.5. The standard InChI is InChI=1S/C14H20ClNO2S/c1-4-17-12-7-10(6-9(3)14(16)19)11(15)8-13(12)18-5-2/h7-9H,4-6H2,1-3H3,(H2,16,19). The topological polar surface area (TPSA) is 44.5 Å². The van der Waals surface area contributed by atoms with Crippen LogP contribution in [0.1, 0.15) is 26.3 Å². The second-order valence-corrected chi connectivity index (χ2v) is 5.14. The third-order valence-electron chi connectivity index (χ3n) is 2.72. The molecule has 0 aliphatic rings. The normalized spacial score (nSPS) is 12.0. The van der Waals surface area contributed by atoms with E-state index in [-0.39, 0.29) is 5.92 Å². The van der Waals surface area contributed by atoms with Crippen molar-refractivity contribution < 1.29 is 9.47 Å². The fourth-order valence-corrected chi connectivity index (χ4v) is 2.01. The Balaban J connectivity index is 3.05. The molecule has 106 valence electrons. The number of thiocarbonyl (C=S) groups is 1. The third kappa shape index (κ3) is 4.55. The van der Waals surface area contributed by atoms with E-state index in [1.165, 1.54) is 0 Å². The van der Waals surface area contributed by atoms with Crippen LogP contribution in [0.3, 0.4) is 0 Å². The van der Waals surface area contributed by atoms with Crippen LogP contribution in [0.4, 0.5) is 0 Å². The molecule has 1 unspecified atom stereocenters. The molecule has 1 atom stereocenters. The van der Waals surface area contributed by atoms with Gasteiger partial charge in [0.2, 0.25) is 0 Å². The van der Waals surface area contributed by atoms with Crippen molar-refractivity contribution in [3.05, 3.63) is 22.7 Å². The first-order chi connectivity index (χ1) is 8.99. The lowest BCUT2D eigenvalue weighted by Gasteiger charge is -2.16. The van der Waals surface area contributed by atoms with Gasteiger partial charge < -0.3 is 15.2 Å². The van der Waals surface area contributed by atoms with Gasteiger partial charge in [-0.25, -0.2) is 0 Å². The molecule has 0 saturated carbocycles. The molecule has 5 heteroatoms. The summed E-state index contributed by atoms with van der Waals surface area (Å²) in [4.78, 5) is 0.489. The summed E-state index contributed by atoms with van der Waals surface area (Å²) in [5.74, 6) is 1.47. The van der Waals surface area contributed by atoms with E-state index < -0.39 is 0 Å². The molecule has 1 aromatic rings. The van der Waals surface area contributed by atoms with Gasteiger partial charge in [-0.2, -0.15) is 0 Å². The Morgan fingerprint density at radius 2 is 1.79 bits per heavy atom. The maximum atomic E-state index is 6.27. The van der Waals surface area contributed by atoms with Crippen LogP contribution < -0.4 is 15.2 Å². The number of hydrogen-bond acceptors (Lipinski definition) is 3. The highest BCUT2D eigenvalue weighted by Gasteiger charge is 2.14. The van der Waals surface area contributed by atoms with E-state index in [1.807, 2.05) is 26.8 Å². The van der Waals surface area contributed by atoms with Crippen LogP contribution in [-0.2, 0) is 6.42 Å². The van der Waals surface area contributed by atoms with Crippen molar-refractivity contribution in [2.45, 2.75) is 27.2 Å². The Morgan fingerprint density at radius 1 is 1.26 bits per heavy atom. The van der Waals surface area contributed by atoms with E-state index in [2.05, 4.69) is 0 Å². The molecule has 0 amide bonds. The zero-order chi connectivity index (χ0) is 14.4. The molecule has 1 aromatic carbocycles. The smallest absolute Gasteiger partial charge is 0.162 e. The molecule has 0 heterocycles. The Bertz CT molecular complexity index is 451. The van der Waals surface area contributed by atoms with E-state index >= 15 is 0 Å². The molecule has 19 heavy (non-hydrogen) atoms. The number of rotatable bonds is 7. The average Bonchev–Trinajstić information content (AvgIpc) is 2.35. The van der Waals surface area contributed by atoms with Crippen LogP contribution in [0, 0.1) is 5.92 Å². The summed E-state index contributed by atoms with van der Waals surface area (Å²) in [7, 11) is 0. The molecule has 0 aliphatic heterocycles. The molecule has 1 rings (SSSR count). The van der Waals surface area contributed by atoms with Crippen LogP contribution in [0.5, 0.6) is 11.5 Å². The van der Waals surface area contributed by atoms with Gasteiger partial charge in [0, 0.05) is 17.0 Å². The van der Waals surface area contributed by atoms with E-state index in [0.29, 0.717) is 41.1 Å². The summed E-state index contributed by atoms with van der Waals surface area (Å²) in [5.41, 5.74) is 6.61. The first kappa shape index (κ1) is 16.1. The highest BCUT2D eigenvalue weighted by molar-refractivity contribution is 7.80. The van der Waals surface area contributed by atoms with E-state index in [9.17, 15) is 0 Å². The molecule has 0 saturated heterocycles. The van der Waals surface area contributed by atoms with Crippen molar-refractivity contribution in [2.75, 3.05) is 13.2 Å². The number of halogens is 1. The fraction of sp³-hybridized carbons (Fsp3) is 0.500. The lowest BCUT2D eigenvalue weighted by Crippen LogP contribution is -2.20. The SMILES string of the molecule is CCOc1cc(Cl)c(CC(C)C(N)=S)cc1OCC. The monoisotopic (exact) mass is 301 g/mol. The van der Waals surface area contributed by atoms with Crippen molar-refractivity contribution in [1.82, 2.24) is 0 Å². The van der Waals surface area contributed by atoms with Crippen LogP contribution in [0.15, 0.2) is 12.1 Å². The van der Waals surface area contributed by atoms with Gasteiger partial charge in [-0.1, -0.05) is 30.7 Å². The third-order valence-corrected chi connectivity index (χ3v) is 3.48. The summed E-state index contributed by atoms with van der Waals surface area (Å²) in [6.45, 7) is 6.98. The zero-order valence-corrected chi connectivity index (χ0v) is 13.1. The number of hydrogen-bond donors (Lipinski definition) is 1. The quantitative estimate of drug-likeness (QED) is 0.782. The summed E-state index contributed by atoms with van der Waals surface area (Å²) in [6.07, 6.45) is 0.695. The molecular weight excluding hydrogens is 282 g/mol. The summed E-state index contributed by atoms with van der Waals surface area (Å²) in [6, 6.07) is 3.70. The van der Waals surface area contributed by atoms with Gasteiger partial charge in [0.05, 0.1) is 18.2 Å². The predicted octanol–water partition coefficient (Wildman–Crippen LogP) is 3.60. The van der Waals surface area contributed by atoms with Gasteiger partial charge >= 0.3 is 0 Å². The molecule has 0 aliphatic carbocycles. The second kappa shape index (κ2) is 7.56. The molecular formula is C14H20ClNO2S. The van der Waals surface area contributed by atoms with Gasteiger partial charge in [0.25, 0.3) is 0 Å². The maximum absolute atomic E-state index is 6.27. The van der Waals surface area contributed by atoms with Gasteiger partial charge in [-0.15, -0.1) is 0 Å². The van der Waals surface area contributed by atoms with Crippen LogP contribution >= 0.6 is 23.8 Å². The lowest BCUT2D eigenvalue weighted by atomic mass is 10.0. The minimum atomic E-state index is 0.0971. The molecule has 0 bridgehead atoms.